The van der Waals surface area contributed by atoms with Gasteiger partial charge in [-0.2, -0.15) is 0 Å². The van der Waals surface area contributed by atoms with Crippen LogP contribution in [0.15, 0.2) is 18.2 Å². The fourth-order valence-corrected chi connectivity index (χ4v) is 2.54. The van der Waals surface area contributed by atoms with Crippen molar-refractivity contribution in [3.8, 4) is 0 Å². The van der Waals surface area contributed by atoms with E-state index in [0.29, 0.717) is 11.6 Å². The van der Waals surface area contributed by atoms with E-state index in [1.807, 2.05) is 32.0 Å². The van der Waals surface area contributed by atoms with Crippen LogP contribution in [-0.2, 0) is 4.79 Å². The van der Waals surface area contributed by atoms with Gasteiger partial charge in [-0.05, 0) is 36.3 Å². The summed E-state index contributed by atoms with van der Waals surface area (Å²) in [4.78, 5) is 11.5. The Balaban J connectivity index is 3.12. The lowest BCUT2D eigenvalue weighted by molar-refractivity contribution is -0.140. The summed E-state index contributed by atoms with van der Waals surface area (Å²) in [5, 5.41) is 9.47. The fraction of sp³-hybridized carbons (Fsp3) is 0.533. The lowest BCUT2D eigenvalue weighted by Crippen LogP contribution is -2.22. The van der Waals surface area contributed by atoms with Crippen LogP contribution in [0, 0.1) is 18.8 Å². The van der Waals surface area contributed by atoms with E-state index in [2.05, 4.69) is 13.8 Å². The third kappa shape index (κ3) is 3.25. The Kier molecular flexibility index (Phi) is 4.76. The third-order valence-corrected chi connectivity index (χ3v) is 3.37. The minimum absolute atomic E-state index is 0.0756. The van der Waals surface area contributed by atoms with Crippen LogP contribution in [0.3, 0.4) is 0 Å². The highest BCUT2D eigenvalue weighted by molar-refractivity contribution is 5.79. The van der Waals surface area contributed by atoms with Gasteiger partial charge in [-0.3, -0.25) is 4.79 Å². The number of rotatable bonds is 5. The molecular formula is C15H23NO2. The quantitative estimate of drug-likeness (QED) is 0.786. The Labute approximate surface area is 109 Å². The van der Waals surface area contributed by atoms with Crippen molar-refractivity contribution in [2.45, 2.75) is 40.0 Å². The third-order valence-electron chi connectivity index (χ3n) is 3.37. The molecule has 0 aliphatic heterocycles. The molecular weight excluding hydrogens is 226 g/mol. The zero-order valence-electron chi connectivity index (χ0n) is 11.6. The van der Waals surface area contributed by atoms with Crippen LogP contribution < -0.4 is 5.73 Å². The van der Waals surface area contributed by atoms with E-state index in [9.17, 15) is 9.90 Å². The summed E-state index contributed by atoms with van der Waals surface area (Å²) in [7, 11) is 0. The Morgan fingerprint density at radius 2 is 1.94 bits per heavy atom. The smallest absolute Gasteiger partial charge is 0.311 e. The van der Waals surface area contributed by atoms with Crippen LogP contribution in [0.25, 0.3) is 0 Å². The summed E-state index contributed by atoms with van der Waals surface area (Å²) in [5.41, 5.74) is 8.32. The number of carboxylic acid groups (broad SMARTS) is 1. The van der Waals surface area contributed by atoms with E-state index < -0.39 is 11.9 Å². The molecule has 0 bridgehead atoms. The van der Waals surface area contributed by atoms with Crippen molar-refractivity contribution >= 4 is 11.7 Å². The number of nitrogens with two attached hydrogens (primary N) is 1. The summed E-state index contributed by atoms with van der Waals surface area (Å²) < 4.78 is 0. The van der Waals surface area contributed by atoms with E-state index in [4.69, 9.17) is 5.73 Å². The summed E-state index contributed by atoms with van der Waals surface area (Å²) in [5.74, 6) is -0.757. The van der Waals surface area contributed by atoms with Crippen molar-refractivity contribution in [3.05, 3.63) is 29.3 Å². The Morgan fingerprint density at radius 1 is 1.33 bits per heavy atom. The number of para-hydroxylation sites is 1. The number of hydrogen-bond donors (Lipinski definition) is 2. The monoisotopic (exact) mass is 249 g/mol. The SMILES string of the molecule is Cc1cccc(C(C(=O)O)C(C)CC(C)C)c1N. The van der Waals surface area contributed by atoms with E-state index in [1.165, 1.54) is 0 Å². The van der Waals surface area contributed by atoms with Crippen LogP contribution >= 0.6 is 0 Å². The lowest BCUT2D eigenvalue weighted by atomic mass is 9.81. The topological polar surface area (TPSA) is 63.3 Å². The van der Waals surface area contributed by atoms with Gasteiger partial charge < -0.3 is 10.8 Å². The first-order valence-electron chi connectivity index (χ1n) is 6.42. The van der Waals surface area contributed by atoms with Gasteiger partial charge in [0.1, 0.15) is 0 Å². The molecule has 0 fully saturated rings. The molecule has 0 aliphatic carbocycles. The first kappa shape index (κ1) is 14.6. The number of aliphatic carboxylic acids is 1. The highest BCUT2D eigenvalue weighted by atomic mass is 16.4. The molecule has 0 amide bonds. The second-order valence-electron chi connectivity index (χ2n) is 5.50. The predicted octanol–water partition coefficient (Wildman–Crippen LogP) is 3.43. The molecule has 2 unspecified atom stereocenters. The molecule has 0 aromatic heterocycles. The van der Waals surface area contributed by atoms with Crippen LogP contribution in [0.2, 0.25) is 0 Å². The maximum atomic E-state index is 11.5. The largest absolute Gasteiger partial charge is 0.481 e. The summed E-state index contributed by atoms with van der Waals surface area (Å²) in [6.07, 6.45) is 0.879. The molecule has 3 heteroatoms. The molecule has 0 spiro atoms. The second-order valence-corrected chi connectivity index (χ2v) is 5.50. The second kappa shape index (κ2) is 5.89. The van der Waals surface area contributed by atoms with Gasteiger partial charge >= 0.3 is 5.97 Å². The van der Waals surface area contributed by atoms with Gasteiger partial charge in [-0.1, -0.05) is 39.0 Å². The van der Waals surface area contributed by atoms with Gasteiger partial charge in [-0.25, -0.2) is 0 Å². The van der Waals surface area contributed by atoms with Crippen LogP contribution in [0.1, 0.15) is 44.2 Å². The average Bonchev–Trinajstić information content (AvgIpc) is 2.23. The number of benzene rings is 1. The van der Waals surface area contributed by atoms with Crippen molar-refractivity contribution in [1.82, 2.24) is 0 Å². The zero-order chi connectivity index (χ0) is 13.9. The highest BCUT2D eigenvalue weighted by Gasteiger charge is 2.28. The molecule has 0 aliphatic rings. The first-order valence-corrected chi connectivity index (χ1v) is 6.42. The molecule has 3 N–H and O–H groups in total. The first-order chi connectivity index (χ1) is 8.34. The van der Waals surface area contributed by atoms with Crippen molar-refractivity contribution in [3.63, 3.8) is 0 Å². The van der Waals surface area contributed by atoms with E-state index in [1.54, 1.807) is 0 Å². The zero-order valence-corrected chi connectivity index (χ0v) is 11.6. The molecule has 0 radical (unpaired) electrons. The fourth-order valence-electron chi connectivity index (χ4n) is 2.54. The van der Waals surface area contributed by atoms with Crippen LogP contribution in [0.4, 0.5) is 5.69 Å². The predicted molar refractivity (Wildman–Crippen MR) is 74.6 cm³/mol. The molecule has 3 nitrogen and oxygen atoms in total. The summed E-state index contributed by atoms with van der Waals surface area (Å²) >= 11 is 0. The number of aryl methyl sites for hydroxylation is 1. The van der Waals surface area contributed by atoms with Crippen molar-refractivity contribution in [2.24, 2.45) is 11.8 Å². The number of nitrogen functional groups attached to an aromatic ring is 1. The molecule has 18 heavy (non-hydrogen) atoms. The molecule has 0 saturated carbocycles. The van der Waals surface area contributed by atoms with Crippen molar-refractivity contribution in [2.75, 3.05) is 5.73 Å². The minimum Gasteiger partial charge on any atom is -0.481 e. The van der Waals surface area contributed by atoms with Gasteiger partial charge in [0, 0.05) is 5.69 Å². The normalized spacial score (nSPS) is 14.5. The molecule has 1 aromatic carbocycles. The Morgan fingerprint density at radius 3 is 2.44 bits per heavy atom. The lowest BCUT2D eigenvalue weighted by Gasteiger charge is -2.24. The Bertz CT molecular complexity index is 427. The molecule has 1 aromatic rings. The standard InChI is InChI=1S/C15H23NO2/c1-9(2)8-11(4)13(15(17)18)12-7-5-6-10(3)14(12)16/h5-7,9,11,13H,8,16H2,1-4H3,(H,17,18). The van der Waals surface area contributed by atoms with E-state index in [-0.39, 0.29) is 5.92 Å². The van der Waals surface area contributed by atoms with Gasteiger partial charge in [0.2, 0.25) is 0 Å². The van der Waals surface area contributed by atoms with Crippen LogP contribution in [-0.4, -0.2) is 11.1 Å². The minimum atomic E-state index is -0.791. The van der Waals surface area contributed by atoms with E-state index >= 15 is 0 Å². The maximum absolute atomic E-state index is 11.5. The molecule has 0 heterocycles. The molecule has 0 saturated heterocycles. The maximum Gasteiger partial charge on any atom is 0.311 e. The number of anilines is 1. The highest BCUT2D eigenvalue weighted by Crippen LogP contribution is 2.34. The number of carbonyl (C=O) groups is 1. The van der Waals surface area contributed by atoms with Gasteiger partial charge in [0.05, 0.1) is 5.92 Å². The van der Waals surface area contributed by atoms with Crippen molar-refractivity contribution < 1.29 is 9.90 Å². The Hall–Kier alpha value is -1.51. The van der Waals surface area contributed by atoms with Gasteiger partial charge in [0.25, 0.3) is 0 Å². The summed E-state index contributed by atoms with van der Waals surface area (Å²) in [6.45, 7) is 8.11. The molecule has 2 atom stereocenters. The van der Waals surface area contributed by atoms with Gasteiger partial charge in [0.15, 0.2) is 0 Å². The summed E-state index contributed by atoms with van der Waals surface area (Å²) in [6, 6.07) is 5.61. The van der Waals surface area contributed by atoms with Crippen LogP contribution in [0.5, 0.6) is 0 Å². The number of hydrogen-bond acceptors (Lipinski definition) is 2. The number of carboxylic acids is 1. The average molecular weight is 249 g/mol. The molecule has 1 rings (SSSR count). The van der Waals surface area contributed by atoms with E-state index in [0.717, 1.165) is 17.5 Å². The molecule has 100 valence electrons. The van der Waals surface area contributed by atoms with Crippen molar-refractivity contribution in [1.29, 1.82) is 0 Å². The van der Waals surface area contributed by atoms with Gasteiger partial charge in [-0.15, -0.1) is 0 Å².